The highest BCUT2D eigenvalue weighted by Gasteiger charge is 2.02. The maximum Gasteiger partial charge on any atom is 0.305 e. The molecule has 0 aromatic rings. The predicted molar refractivity (Wildman–Crippen MR) is 124 cm³/mol. The molecule has 0 aromatic carbocycles. The van der Waals surface area contributed by atoms with E-state index in [0.717, 1.165) is 31.6 Å². The van der Waals surface area contributed by atoms with Gasteiger partial charge in [-0.2, -0.15) is 0 Å². The Bertz CT molecular complexity index is 346. The van der Waals surface area contributed by atoms with Crippen molar-refractivity contribution in [3.63, 3.8) is 0 Å². The maximum atomic E-state index is 11.7. The third kappa shape index (κ3) is 23.2. The fourth-order valence-electron chi connectivity index (χ4n) is 3.43. The number of ether oxygens (including phenoxy) is 1. The van der Waals surface area contributed by atoms with Crippen LogP contribution in [0.3, 0.4) is 0 Å². The van der Waals surface area contributed by atoms with E-state index in [9.17, 15) is 4.79 Å². The topological polar surface area (TPSA) is 26.3 Å². The van der Waals surface area contributed by atoms with E-state index in [0.29, 0.717) is 13.0 Å². The largest absolute Gasteiger partial charge is 0.466 e. The van der Waals surface area contributed by atoms with Gasteiger partial charge in [0, 0.05) is 6.42 Å². The van der Waals surface area contributed by atoms with Gasteiger partial charge >= 0.3 is 5.97 Å². The lowest BCUT2D eigenvalue weighted by Crippen LogP contribution is -2.05. The van der Waals surface area contributed by atoms with E-state index in [1.807, 2.05) is 0 Å². The molecule has 0 amide bonds. The van der Waals surface area contributed by atoms with E-state index in [1.165, 1.54) is 83.5 Å². The number of carbonyl (C=O) groups is 1. The molecule has 166 valence electrons. The minimum atomic E-state index is -0.0115. The molecule has 0 bridgehead atoms. The predicted octanol–water partition coefficient (Wildman–Crippen LogP) is 8.78. The molecule has 0 saturated heterocycles. The summed E-state index contributed by atoms with van der Waals surface area (Å²) in [7, 11) is 0. The first-order valence-corrected chi connectivity index (χ1v) is 12.5. The van der Waals surface area contributed by atoms with Gasteiger partial charge in [-0.1, -0.05) is 104 Å². The van der Waals surface area contributed by atoms with Crippen LogP contribution < -0.4 is 0 Å². The average molecular weight is 395 g/mol. The Labute approximate surface area is 176 Å². The van der Waals surface area contributed by atoms with Crippen LogP contribution in [0.2, 0.25) is 0 Å². The molecule has 0 saturated carbocycles. The minimum Gasteiger partial charge on any atom is -0.466 e. The van der Waals surface area contributed by atoms with Gasteiger partial charge in [-0.15, -0.1) is 0 Å². The van der Waals surface area contributed by atoms with Crippen molar-refractivity contribution >= 4 is 5.97 Å². The van der Waals surface area contributed by atoms with Crippen LogP contribution in [-0.2, 0) is 9.53 Å². The molecule has 2 nitrogen and oxygen atoms in total. The van der Waals surface area contributed by atoms with Gasteiger partial charge in [0.15, 0.2) is 0 Å². The monoisotopic (exact) mass is 394 g/mol. The molecule has 0 aliphatic rings. The number of esters is 1. The first-order valence-electron chi connectivity index (χ1n) is 12.5. The van der Waals surface area contributed by atoms with E-state index in [-0.39, 0.29) is 5.97 Å². The van der Waals surface area contributed by atoms with Crippen molar-refractivity contribution in [3.8, 4) is 0 Å². The zero-order chi connectivity index (χ0) is 20.7. The van der Waals surface area contributed by atoms with E-state index in [2.05, 4.69) is 32.9 Å². The zero-order valence-corrected chi connectivity index (χ0v) is 19.5. The molecule has 28 heavy (non-hydrogen) atoms. The summed E-state index contributed by atoms with van der Waals surface area (Å²) in [5.41, 5.74) is 0. The van der Waals surface area contributed by atoms with E-state index < -0.39 is 0 Å². The molecule has 0 radical (unpaired) electrons. The Hall–Kier alpha value is -0.790. The Balaban J connectivity index is 3.23. The molecule has 0 unspecified atom stereocenters. The molecule has 0 spiro atoms. The molecule has 0 heterocycles. The second-order valence-electron chi connectivity index (χ2n) is 8.80. The van der Waals surface area contributed by atoms with Crippen molar-refractivity contribution in [1.29, 1.82) is 0 Å². The summed E-state index contributed by atoms with van der Waals surface area (Å²) in [6, 6.07) is 0. The van der Waals surface area contributed by atoms with Crippen molar-refractivity contribution in [1.82, 2.24) is 0 Å². The van der Waals surface area contributed by atoms with Crippen LogP contribution in [0.25, 0.3) is 0 Å². The first-order chi connectivity index (χ1) is 13.7. The van der Waals surface area contributed by atoms with E-state index in [4.69, 9.17) is 4.74 Å². The summed E-state index contributed by atoms with van der Waals surface area (Å²) in [5.74, 6) is 0.768. The first kappa shape index (κ1) is 27.2. The third-order valence-corrected chi connectivity index (χ3v) is 5.33. The van der Waals surface area contributed by atoms with E-state index >= 15 is 0 Å². The molecular weight excluding hydrogens is 344 g/mol. The number of carbonyl (C=O) groups excluding carboxylic acids is 1. The number of hydrogen-bond donors (Lipinski definition) is 0. The fourth-order valence-corrected chi connectivity index (χ4v) is 3.43. The van der Waals surface area contributed by atoms with Crippen LogP contribution in [0.15, 0.2) is 12.2 Å². The molecular formula is C26H50O2. The van der Waals surface area contributed by atoms with Gasteiger partial charge in [0.25, 0.3) is 0 Å². The lowest BCUT2D eigenvalue weighted by Gasteiger charge is -2.06. The minimum absolute atomic E-state index is 0.0115. The Kier molecular flexibility index (Phi) is 21.9. The lowest BCUT2D eigenvalue weighted by molar-refractivity contribution is -0.143. The smallest absolute Gasteiger partial charge is 0.305 e. The summed E-state index contributed by atoms with van der Waals surface area (Å²) in [6.45, 7) is 7.40. The highest BCUT2D eigenvalue weighted by molar-refractivity contribution is 5.69. The average Bonchev–Trinajstić information content (AvgIpc) is 2.67. The van der Waals surface area contributed by atoms with Gasteiger partial charge in [0.05, 0.1) is 6.61 Å². The quantitative estimate of drug-likeness (QED) is 0.110. The van der Waals surface area contributed by atoms with Gasteiger partial charge in [-0.3, -0.25) is 4.79 Å². The van der Waals surface area contributed by atoms with Gasteiger partial charge in [0.2, 0.25) is 0 Å². The van der Waals surface area contributed by atoms with Gasteiger partial charge in [-0.25, -0.2) is 0 Å². The molecule has 0 aliphatic heterocycles. The van der Waals surface area contributed by atoms with Crippen molar-refractivity contribution < 1.29 is 9.53 Å². The highest BCUT2D eigenvalue weighted by atomic mass is 16.5. The van der Waals surface area contributed by atoms with Crippen molar-refractivity contribution in [3.05, 3.63) is 12.2 Å². The number of allylic oxidation sites excluding steroid dienone is 2. The molecule has 0 fully saturated rings. The maximum absolute atomic E-state index is 11.7. The van der Waals surface area contributed by atoms with Crippen LogP contribution in [0.5, 0.6) is 0 Å². The second kappa shape index (κ2) is 22.5. The normalized spacial score (nSPS) is 11.6. The number of unbranched alkanes of at least 4 members (excludes halogenated alkanes) is 13. The number of hydrogen-bond acceptors (Lipinski definition) is 2. The van der Waals surface area contributed by atoms with Crippen LogP contribution in [0, 0.1) is 5.92 Å². The van der Waals surface area contributed by atoms with Gasteiger partial charge in [-0.05, 0) is 44.4 Å². The molecule has 0 aromatic heterocycles. The van der Waals surface area contributed by atoms with E-state index in [1.54, 1.807) is 0 Å². The molecule has 2 heteroatoms. The molecule has 0 rings (SSSR count). The lowest BCUT2D eigenvalue weighted by atomic mass is 10.1. The fraction of sp³-hybridized carbons (Fsp3) is 0.885. The number of rotatable bonds is 21. The SMILES string of the molecule is CCCCCCCCCCC/C=C\CCCCC(=O)OCCCCCC(C)C. The summed E-state index contributed by atoms with van der Waals surface area (Å²) in [4.78, 5) is 11.7. The Morgan fingerprint density at radius 3 is 1.86 bits per heavy atom. The van der Waals surface area contributed by atoms with Crippen molar-refractivity contribution in [2.24, 2.45) is 5.92 Å². The summed E-state index contributed by atoms with van der Waals surface area (Å²) >= 11 is 0. The Morgan fingerprint density at radius 1 is 0.714 bits per heavy atom. The van der Waals surface area contributed by atoms with Crippen molar-refractivity contribution in [2.45, 2.75) is 136 Å². The summed E-state index contributed by atoms with van der Waals surface area (Å²) < 4.78 is 5.31. The van der Waals surface area contributed by atoms with Crippen LogP contribution >= 0.6 is 0 Å². The second-order valence-corrected chi connectivity index (χ2v) is 8.80. The van der Waals surface area contributed by atoms with Crippen LogP contribution in [-0.4, -0.2) is 12.6 Å². The standard InChI is InChI=1S/C26H50O2/c1-4-5-6-7-8-9-10-11-12-13-14-15-16-17-20-23-26(27)28-24-21-18-19-22-25(2)3/h14-15,25H,4-13,16-24H2,1-3H3/b15-14-. The molecule has 0 atom stereocenters. The van der Waals surface area contributed by atoms with Gasteiger partial charge in [0.1, 0.15) is 0 Å². The van der Waals surface area contributed by atoms with Crippen molar-refractivity contribution in [2.75, 3.05) is 6.61 Å². The molecule has 0 N–H and O–H groups in total. The van der Waals surface area contributed by atoms with Crippen LogP contribution in [0.4, 0.5) is 0 Å². The van der Waals surface area contributed by atoms with Gasteiger partial charge < -0.3 is 4.74 Å². The van der Waals surface area contributed by atoms with Crippen LogP contribution in [0.1, 0.15) is 136 Å². The molecule has 0 aliphatic carbocycles. The third-order valence-electron chi connectivity index (χ3n) is 5.33. The summed E-state index contributed by atoms with van der Waals surface area (Å²) in [6.07, 6.45) is 26.8. The highest BCUT2D eigenvalue weighted by Crippen LogP contribution is 2.11. The zero-order valence-electron chi connectivity index (χ0n) is 19.5. The summed E-state index contributed by atoms with van der Waals surface area (Å²) in [5, 5.41) is 0. The Morgan fingerprint density at radius 2 is 1.25 bits per heavy atom.